The molecule has 1 aromatic carbocycles. The maximum absolute atomic E-state index is 11.9. The molecule has 0 spiro atoms. The highest BCUT2D eigenvalue weighted by Crippen LogP contribution is 2.21. The standard InChI is InChI=1S/C12H13ClN2O3/c13-7-3-4-10(16)8(6-7)11(17)15-9-2-1-5-14-12(9)18/h3-4,6,9,16H,1-2,5H2,(H,14,18)(H,15,17). The van der Waals surface area contributed by atoms with Crippen molar-refractivity contribution in [2.24, 2.45) is 0 Å². The van der Waals surface area contributed by atoms with Crippen molar-refractivity contribution in [2.45, 2.75) is 18.9 Å². The fourth-order valence-electron chi connectivity index (χ4n) is 1.84. The van der Waals surface area contributed by atoms with Gasteiger partial charge < -0.3 is 15.7 Å². The second-order valence-corrected chi connectivity index (χ2v) is 4.56. The zero-order chi connectivity index (χ0) is 13.1. The van der Waals surface area contributed by atoms with Gasteiger partial charge in [-0.3, -0.25) is 9.59 Å². The fourth-order valence-corrected chi connectivity index (χ4v) is 2.01. The van der Waals surface area contributed by atoms with Crippen LogP contribution in [0.4, 0.5) is 0 Å². The average Bonchev–Trinajstić information content (AvgIpc) is 2.35. The number of hydrogen-bond donors (Lipinski definition) is 3. The van der Waals surface area contributed by atoms with Crippen molar-refractivity contribution in [3.63, 3.8) is 0 Å². The van der Waals surface area contributed by atoms with E-state index in [0.717, 1.165) is 6.42 Å². The van der Waals surface area contributed by atoms with Crippen molar-refractivity contribution in [3.05, 3.63) is 28.8 Å². The number of phenols is 1. The first-order chi connectivity index (χ1) is 8.58. The molecule has 6 heteroatoms. The van der Waals surface area contributed by atoms with Crippen LogP contribution in [-0.2, 0) is 4.79 Å². The van der Waals surface area contributed by atoms with Gasteiger partial charge in [-0.05, 0) is 31.0 Å². The number of aromatic hydroxyl groups is 1. The summed E-state index contributed by atoms with van der Waals surface area (Å²) in [4.78, 5) is 23.4. The van der Waals surface area contributed by atoms with Crippen LogP contribution < -0.4 is 10.6 Å². The zero-order valence-electron chi connectivity index (χ0n) is 9.57. The van der Waals surface area contributed by atoms with Crippen LogP contribution in [0.25, 0.3) is 0 Å². The summed E-state index contributed by atoms with van der Waals surface area (Å²) >= 11 is 5.76. The van der Waals surface area contributed by atoms with Crippen molar-refractivity contribution in [1.29, 1.82) is 0 Å². The Kier molecular flexibility index (Phi) is 3.72. The fraction of sp³-hybridized carbons (Fsp3) is 0.333. The Morgan fingerprint density at radius 1 is 1.50 bits per heavy atom. The van der Waals surface area contributed by atoms with Gasteiger partial charge in [-0.25, -0.2) is 0 Å². The molecule has 0 radical (unpaired) electrons. The van der Waals surface area contributed by atoms with Crippen molar-refractivity contribution < 1.29 is 14.7 Å². The van der Waals surface area contributed by atoms with Crippen LogP contribution in [0, 0.1) is 0 Å². The lowest BCUT2D eigenvalue weighted by molar-refractivity contribution is -0.124. The van der Waals surface area contributed by atoms with Gasteiger partial charge in [0.25, 0.3) is 5.91 Å². The molecule has 0 saturated carbocycles. The number of carbonyl (C=O) groups excluding carboxylic acids is 2. The van der Waals surface area contributed by atoms with Crippen LogP contribution in [0.15, 0.2) is 18.2 Å². The third-order valence-electron chi connectivity index (χ3n) is 2.79. The van der Waals surface area contributed by atoms with E-state index in [1.807, 2.05) is 0 Å². The first-order valence-corrected chi connectivity index (χ1v) is 6.03. The Bertz CT molecular complexity index is 490. The summed E-state index contributed by atoms with van der Waals surface area (Å²) in [5.41, 5.74) is 0.0703. The van der Waals surface area contributed by atoms with Crippen LogP contribution >= 0.6 is 11.6 Å². The molecule has 18 heavy (non-hydrogen) atoms. The van der Waals surface area contributed by atoms with Crippen LogP contribution in [0.5, 0.6) is 5.75 Å². The molecule has 1 unspecified atom stereocenters. The van der Waals surface area contributed by atoms with Gasteiger partial charge >= 0.3 is 0 Å². The molecule has 1 aromatic rings. The van der Waals surface area contributed by atoms with Gasteiger partial charge in [-0.2, -0.15) is 0 Å². The summed E-state index contributed by atoms with van der Waals surface area (Å²) in [6, 6.07) is 3.65. The molecular weight excluding hydrogens is 256 g/mol. The summed E-state index contributed by atoms with van der Waals surface area (Å²) in [6.07, 6.45) is 1.41. The van der Waals surface area contributed by atoms with Gasteiger partial charge in [0.2, 0.25) is 5.91 Å². The topological polar surface area (TPSA) is 78.4 Å². The predicted molar refractivity (Wildman–Crippen MR) is 66.6 cm³/mol. The normalized spacial score (nSPS) is 19.2. The molecule has 1 atom stereocenters. The van der Waals surface area contributed by atoms with Crippen LogP contribution in [-0.4, -0.2) is 29.5 Å². The number of rotatable bonds is 2. The van der Waals surface area contributed by atoms with Gasteiger partial charge in [0.05, 0.1) is 5.56 Å². The number of hydrogen-bond acceptors (Lipinski definition) is 3. The molecule has 96 valence electrons. The smallest absolute Gasteiger partial charge is 0.255 e. The SMILES string of the molecule is O=C(NC1CCCNC1=O)c1cc(Cl)ccc1O. The highest BCUT2D eigenvalue weighted by atomic mass is 35.5. The van der Waals surface area contributed by atoms with Gasteiger partial charge in [0.15, 0.2) is 0 Å². The maximum Gasteiger partial charge on any atom is 0.255 e. The molecule has 1 saturated heterocycles. The van der Waals surface area contributed by atoms with E-state index < -0.39 is 11.9 Å². The Labute approximate surface area is 109 Å². The van der Waals surface area contributed by atoms with Gasteiger partial charge in [-0.15, -0.1) is 0 Å². The zero-order valence-corrected chi connectivity index (χ0v) is 10.3. The van der Waals surface area contributed by atoms with E-state index in [1.54, 1.807) is 0 Å². The number of nitrogens with one attached hydrogen (secondary N) is 2. The van der Waals surface area contributed by atoms with E-state index in [2.05, 4.69) is 10.6 Å². The van der Waals surface area contributed by atoms with Crippen molar-refractivity contribution in [3.8, 4) is 5.75 Å². The Morgan fingerprint density at radius 2 is 2.28 bits per heavy atom. The minimum Gasteiger partial charge on any atom is -0.507 e. The summed E-state index contributed by atoms with van der Waals surface area (Å²) in [5.74, 6) is -0.860. The number of halogens is 1. The molecular formula is C12H13ClN2O3. The van der Waals surface area contributed by atoms with E-state index in [4.69, 9.17) is 11.6 Å². The number of carbonyl (C=O) groups is 2. The second kappa shape index (κ2) is 5.27. The molecule has 0 bridgehead atoms. The minimum absolute atomic E-state index is 0.0703. The molecule has 0 aliphatic carbocycles. The molecule has 1 aliphatic rings. The van der Waals surface area contributed by atoms with Crippen molar-refractivity contribution in [1.82, 2.24) is 10.6 Å². The van der Waals surface area contributed by atoms with Gasteiger partial charge in [0.1, 0.15) is 11.8 Å². The Morgan fingerprint density at radius 3 is 3.00 bits per heavy atom. The average molecular weight is 269 g/mol. The predicted octanol–water partition coefficient (Wildman–Crippen LogP) is 1.05. The summed E-state index contributed by atoms with van der Waals surface area (Å²) < 4.78 is 0. The Hall–Kier alpha value is -1.75. The van der Waals surface area contributed by atoms with Crippen LogP contribution in [0.1, 0.15) is 23.2 Å². The third-order valence-corrected chi connectivity index (χ3v) is 3.03. The first-order valence-electron chi connectivity index (χ1n) is 5.65. The van der Waals surface area contributed by atoms with Crippen LogP contribution in [0.3, 0.4) is 0 Å². The monoisotopic (exact) mass is 268 g/mol. The van der Waals surface area contributed by atoms with E-state index in [1.165, 1.54) is 18.2 Å². The lowest BCUT2D eigenvalue weighted by Gasteiger charge is -2.22. The quantitative estimate of drug-likeness (QED) is 0.750. The number of phenolic OH excluding ortho intramolecular Hbond substituents is 1. The third kappa shape index (κ3) is 2.73. The largest absolute Gasteiger partial charge is 0.507 e. The van der Waals surface area contributed by atoms with E-state index in [-0.39, 0.29) is 17.2 Å². The summed E-state index contributed by atoms with van der Waals surface area (Å²) in [6.45, 7) is 0.633. The highest BCUT2D eigenvalue weighted by molar-refractivity contribution is 6.31. The lowest BCUT2D eigenvalue weighted by atomic mass is 10.1. The summed E-state index contributed by atoms with van der Waals surface area (Å²) in [7, 11) is 0. The second-order valence-electron chi connectivity index (χ2n) is 4.12. The number of piperidine rings is 1. The number of amides is 2. The van der Waals surface area contributed by atoms with E-state index in [0.29, 0.717) is 18.0 Å². The number of benzene rings is 1. The molecule has 1 fully saturated rings. The molecule has 1 aliphatic heterocycles. The van der Waals surface area contributed by atoms with Crippen molar-refractivity contribution >= 4 is 23.4 Å². The molecule has 2 amide bonds. The van der Waals surface area contributed by atoms with Gasteiger partial charge in [-0.1, -0.05) is 11.6 Å². The van der Waals surface area contributed by atoms with Crippen LogP contribution in [0.2, 0.25) is 5.02 Å². The molecule has 0 aromatic heterocycles. The first kappa shape index (κ1) is 12.7. The Balaban J connectivity index is 2.11. The van der Waals surface area contributed by atoms with Gasteiger partial charge in [0, 0.05) is 11.6 Å². The molecule has 2 rings (SSSR count). The molecule has 1 heterocycles. The lowest BCUT2D eigenvalue weighted by Crippen LogP contribution is -2.50. The van der Waals surface area contributed by atoms with Crippen molar-refractivity contribution in [2.75, 3.05) is 6.54 Å². The molecule has 5 nitrogen and oxygen atoms in total. The summed E-state index contributed by atoms with van der Waals surface area (Å²) in [5, 5.41) is 15.2. The minimum atomic E-state index is -0.551. The molecule has 3 N–H and O–H groups in total. The highest BCUT2D eigenvalue weighted by Gasteiger charge is 2.24. The van der Waals surface area contributed by atoms with E-state index in [9.17, 15) is 14.7 Å². The maximum atomic E-state index is 11.9. The van der Waals surface area contributed by atoms with E-state index >= 15 is 0 Å².